The van der Waals surface area contributed by atoms with Crippen LogP contribution in [0.2, 0.25) is 0 Å². The molecule has 0 aliphatic heterocycles. The van der Waals surface area contributed by atoms with Gasteiger partial charge < -0.3 is 11.1 Å². The van der Waals surface area contributed by atoms with Crippen LogP contribution in [0.3, 0.4) is 0 Å². The zero-order valence-corrected chi connectivity index (χ0v) is 11.0. The number of nitrogens with two attached hydrogens (primary N) is 1. The fourth-order valence-electron chi connectivity index (χ4n) is 1.07. The van der Waals surface area contributed by atoms with Crippen molar-refractivity contribution in [2.75, 3.05) is 5.32 Å². The number of carbonyl (C=O) groups excluding carboxylic acids is 1. The fraction of sp³-hybridized carbons (Fsp3) is 0.636. The summed E-state index contributed by atoms with van der Waals surface area (Å²) in [7, 11) is 0. The minimum absolute atomic E-state index is 0.0698. The summed E-state index contributed by atoms with van der Waals surface area (Å²) in [6, 6.07) is -0.149. The smallest absolute Gasteiger partial charge is 0.230 e. The van der Waals surface area contributed by atoms with E-state index in [1.165, 1.54) is 16.2 Å². The average molecular weight is 241 g/mol. The first-order valence-electron chi connectivity index (χ1n) is 5.44. The van der Waals surface area contributed by atoms with Gasteiger partial charge in [0.2, 0.25) is 5.91 Å². The number of nitrogens with one attached hydrogen (secondary N) is 1. The van der Waals surface area contributed by atoms with E-state index in [4.69, 9.17) is 5.73 Å². The second-order valence-corrected chi connectivity index (χ2v) is 5.42. The third-order valence-corrected chi connectivity index (χ3v) is 3.74. The number of hydrogen-bond donors (Lipinski definition) is 2. The quantitative estimate of drug-likeness (QED) is 0.849. The van der Waals surface area contributed by atoms with E-state index in [1.807, 2.05) is 20.0 Å². The zero-order chi connectivity index (χ0) is 12.3. The lowest BCUT2D eigenvalue weighted by Crippen LogP contribution is -2.34. The Morgan fingerprint density at radius 3 is 2.50 bits per heavy atom. The van der Waals surface area contributed by atoms with E-state index in [2.05, 4.69) is 24.1 Å². The van der Waals surface area contributed by atoms with Crippen LogP contribution in [0.15, 0.2) is 6.20 Å². The highest BCUT2D eigenvalue weighted by molar-refractivity contribution is 7.15. The lowest BCUT2D eigenvalue weighted by atomic mass is 10.0. The van der Waals surface area contributed by atoms with Crippen LogP contribution in [0.5, 0.6) is 0 Å². The molecule has 0 spiro atoms. The molecule has 16 heavy (non-hydrogen) atoms. The molecule has 2 atom stereocenters. The molecule has 3 N–H and O–H groups in total. The standard InChI is InChI=1S/C11H19N3OS/c1-6(2)9-5-13-11(16-9)14-10(15)7(3)8(4)12/h5-8H,12H2,1-4H3,(H,13,14,15). The molecule has 5 heteroatoms. The molecule has 2 unspecified atom stereocenters. The summed E-state index contributed by atoms with van der Waals surface area (Å²) in [5.41, 5.74) is 5.67. The van der Waals surface area contributed by atoms with Crippen LogP contribution in [-0.2, 0) is 4.79 Å². The molecule has 90 valence electrons. The number of rotatable bonds is 4. The first kappa shape index (κ1) is 13.1. The van der Waals surface area contributed by atoms with Gasteiger partial charge in [-0.25, -0.2) is 4.98 Å². The molecule has 1 rings (SSSR count). The molecular weight excluding hydrogens is 222 g/mol. The van der Waals surface area contributed by atoms with Crippen LogP contribution in [0.25, 0.3) is 0 Å². The van der Waals surface area contributed by atoms with Gasteiger partial charge in [-0.15, -0.1) is 11.3 Å². The van der Waals surface area contributed by atoms with Crippen LogP contribution < -0.4 is 11.1 Å². The van der Waals surface area contributed by atoms with Crippen molar-refractivity contribution in [3.8, 4) is 0 Å². The number of amides is 1. The number of nitrogens with zero attached hydrogens (tertiary/aromatic N) is 1. The molecule has 0 aromatic carbocycles. The minimum atomic E-state index is -0.202. The molecule has 0 aliphatic carbocycles. The maximum Gasteiger partial charge on any atom is 0.230 e. The third-order valence-electron chi connectivity index (χ3n) is 2.52. The SMILES string of the molecule is CC(C)c1cnc(NC(=O)C(C)C(C)N)s1. The van der Waals surface area contributed by atoms with Crippen molar-refractivity contribution in [3.63, 3.8) is 0 Å². The van der Waals surface area contributed by atoms with Gasteiger partial charge in [-0.2, -0.15) is 0 Å². The van der Waals surface area contributed by atoms with Crippen LogP contribution in [-0.4, -0.2) is 16.9 Å². The number of thiazole rings is 1. The molecule has 4 nitrogen and oxygen atoms in total. The van der Waals surface area contributed by atoms with Crippen molar-refractivity contribution < 1.29 is 4.79 Å². The Hall–Kier alpha value is -0.940. The van der Waals surface area contributed by atoms with Gasteiger partial charge in [0.05, 0.1) is 5.92 Å². The van der Waals surface area contributed by atoms with Crippen LogP contribution in [0.4, 0.5) is 5.13 Å². The molecule has 0 radical (unpaired) electrons. The van der Waals surface area contributed by atoms with Gasteiger partial charge in [0.15, 0.2) is 5.13 Å². The predicted octanol–water partition coefficient (Wildman–Crippen LogP) is 2.19. The fourth-order valence-corrected chi connectivity index (χ4v) is 1.89. The molecular formula is C11H19N3OS. The van der Waals surface area contributed by atoms with Crippen molar-refractivity contribution in [1.82, 2.24) is 4.98 Å². The number of carbonyl (C=O) groups is 1. The molecule has 1 aromatic heterocycles. The third kappa shape index (κ3) is 3.28. The normalized spacial score (nSPS) is 14.9. The van der Waals surface area contributed by atoms with E-state index in [0.29, 0.717) is 11.0 Å². The van der Waals surface area contributed by atoms with Crippen molar-refractivity contribution in [1.29, 1.82) is 0 Å². The zero-order valence-electron chi connectivity index (χ0n) is 10.2. The molecule has 1 amide bonds. The second-order valence-electron chi connectivity index (χ2n) is 4.36. The Bertz CT molecular complexity index is 360. The maximum atomic E-state index is 11.7. The monoisotopic (exact) mass is 241 g/mol. The summed E-state index contributed by atoms with van der Waals surface area (Å²) >= 11 is 1.51. The van der Waals surface area contributed by atoms with E-state index in [0.717, 1.165) is 0 Å². The topological polar surface area (TPSA) is 68.0 Å². The second kappa shape index (κ2) is 5.41. The van der Waals surface area contributed by atoms with Gasteiger partial charge in [-0.3, -0.25) is 4.79 Å². The lowest BCUT2D eigenvalue weighted by molar-refractivity contribution is -0.119. The highest BCUT2D eigenvalue weighted by Crippen LogP contribution is 2.25. The largest absolute Gasteiger partial charge is 0.327 e. The predicted molar refractivity (Wildman–Crippen MR) is 67.6 cm³/mol. The molecule has 0 saturated carbocycles. The first-order valence-corrected chi connectivity index (χ1v) is 6.25. The maximum absolute atomic E-state index is 11.7. The molecule has 0 saturated heterocycles. The van der Waals surface area contributed by atoms with E-state index < -0.39 is 0 Å². The van der Waals surface area contributed by atoms with Crippen molar-refractivity contribution in [2.24, 2.45) is 11.7 Å². The number of anilines is 1. The molecule has 0 aliphatic rings. The summed E-state index contributed by atoms with van der Waals surface area (Å²) in [5, 5.41) is 3.44. The summed E-state index contributed by atoms with van der Waals surface area (Å²) in [6.07, 6.45) is 1.81. The van der Waals surface area contributed by atoms with Crippen molar-refractivity contribution in [3.05, 3.63) is 11.1 Å². The van der Waals surface area contributed by atoms with Gasteiger partial charge >= 0.3 is 0 Å². The van der Waals surface area contributed by atoms with Gasteiger partial charge in [0.1, 0.15) is 0 Å². The summed E-state index contributed by atoms with van der Waals surface area (Å²) in [4.78, 5) is 17.0. The molecule has 1 heterocycles. The minimum Gasteiger partial charge on any atom is -0.327 e. The van der Waals surface area contributed by atoms with Gasteiger partial charge in [-0.1, -0.05) is 20.8 Å². The Balaban J connectivity index is 2.63. The van der Waals surface area contributed by atoms with E-state index in [-0.39, 0.29) is 17.9 Å². The van der Waals surface area contributed by atoms with Crippen LogP contribution in [0, 0.1) is 5.92 Å². The van der Waals surface area contributed by atoms with Crippen molar-refractivity contribution >= 4 is 22.4 Å². The van der Waals surface area contributed by atoms with E-state index in [9.17, 15) is 4.79 Å². The van der Waals surface area contributed by atoms with E-state index in [1.54, 1.807) is 0 Å². The van der Waals surface area contributed by atoms with Crippen molar-refractivity contribution in [2.45, 2.75) is 39.7 Å². The summed E-state index contributed by atoms with van der Waals surface area (Å²) < 4.78 is 0. The highest BCUT2D eigenvalue weighted by Gasteiger charge is 2.18. The Kier molecular flexibility index (Phi) is 4.44. The van der Waals surface area contributed by atoms with Gasteiger partial charge in [0, 0.05) is 17.1 Å². The van der Waals surface area contributed by atoms with Crippen LogP contribution in [0.1, 0.15) is 38.5 Å². The van der Waals surface area contributed by atoms with E-state index >= 15 is 0 Å². The van der Waals surface area contributed by atoms with Gasteiger partial charge in [0.25, 0.3) is 0 Å². The lowest BCUT2D eigenvalue weighted by Gasteiger charge is -2.13. The molecule has 1 aromatic rings. The Labute approximate surface area is 100 Å². The Morgan fingerprint density at radius 2 is 2.06 bits per heavy atom. The summed E-state index contributed by atoms with van der Waals surface area (Å²) in [5.74, 6) is 0.167. The molecule has 0 bridgehead atoms. The highest BCUT2D eigenvalue weighted by atomic mass is 32.1. The Morgan fingerprint density at radius 1 is 1.44 bits per heavy atom. The number of hydrogen-bond acceptors (Lipinski definition) is 4. The van der Waals surface area contributed by atoms with Gasteiger partial charge in [-0.05, 0) is 12.8 Å². The van der Waals surface area contributed by atoms with Crippen LogP contribution >= 0.6 is 11.3 Å². The summed E-state index contributed by atoms with van der Waals surface area (Å²) in [6.45, 7) is 7.84. The first-order chi connectivity index (χ1) is 7.41. The molecule has 0 fully saturated rings. The number of aromatic nitrogens is 1. The average Bonchev–Trinajstić information content (AvgIpc) is 2.64.